The quantitative estimate of drug-likeness (QED) is 0.568. The van der Waals surface area contributed by atoms with E-state index in [0.29, 0.717) is 12.6 Å². The molecule has 5 heteroatoms. The zero-order valence-corrected chi connectivity index (χ0v) is 9.37. The molecule has 0 aromatic carbocycles. The van der Waals surface area contributed by atoms with Crippen LogP contribution in [0.1, 0.15) is 12.8 Å². The molecule has 0 aromatic rings. The van der Waals surface area contributed by atoms with Crippen LogP contribution >= 0.6 is 0 Å². The molecule has 1 amide bonds. The van der Waals surface area contributed by atoms with E-state index in [4.69, 9.17) is 10.5 Å². The molecule has 1 fully saturated rings. The smallest absolute Gasteiger partial charge is 0.243 e. The molecule has 88 valence electrons. The molecule has 1 aliphatic heterocycles. The van der Waals surface area contributed by atoms with E-state index < -0.39 is 5.91 Å². The van der Waals surface area contributed by atoms with Gasteiger partial charge < -0.3 is 20.7 Å². The van der Waals surface area contributed by atoms with Crippen molar-refractivity contribution >= 4 is 5.91 Å². The van der Waals surface area contributed by atoms with E-state index in [1.54, 1.807) is 0 Å². The van der Waals surface area contributed by atoms with Crippen LogP contribution in [0.15, 0.2) is 0 Å². The molecule has 3 N–H and O–H groups in total. The summed E-state index contributed by atoms with van der Waals surface area (Å²) >= 11 is 0. The number of carbonyl (C=O) groups excluding carboxylic acids is 1. The molecule has 0 saturated carbocycles. The fourth-order valence-electron chi connectivity index (χ4n) is 1.72. The zero-order valence-electron chi connectivity index (χ0n) is 9.37. The maximum atomic E-state index is 10.4. The molecule has 5 nitrogen and oxygen atoms in total. The zero-order chi connectivity index (χ0) is 11.1. The number of nitrogens with zero attached hydrogens (tertiary/aromatic N) is 1. The fraction of sp³-hybridized carbons (Fsp3) is 0.900. The van der Waals surface area contributed by atoms with Crippen LogP contribution in [0.5, 0.6) is 0 Å². The summed E-state index contributed by atoms with van der Waals surface area (Å²) in [6.07, 6.45) is 2.37. The van der Waals surface area contributed by atoms with Crippen LogP contribution in [-0.4, -0.2) is 56.7 Å². The van der Waals surface area contributed by atoms with Gasteiger partial charge in [-0.25, -0.2) is 0 Å². The summed E-state index contributed by atoms with van der Waals surface area (Å²) in [5, 5.41) is 3.41. The van der Waals surface area contributed by atoms with Gasteiger partial charge in [0.1, 0.15) is 6.61 Å². The Morgan fingerprint density at radius 1 is 1.53 bits per heavy atom. The molecule has 0 aliphatic carbocycles. The van der Waals surface area contributed by atoms with E-state index >= 15 is 0 Å². The highest BCUT2D eigenvalue weighted by molar-refractivity contribution is 5.74. The van der Waals surface area contributed by atoms with Gasteiger partial charge in [0.25, 0.3) is 0 Å². The second kappa shape index (κ2) is 6.76. The van der Waals surface area contributed by atoms with E-state index in [2.05, 4.69) is 17.3 Å². The maximum Gasteiger partial charge on any atom is 0.243 e. The van der Waals surface area contributed by atoms with Crippen molar-refractivity contribution in [2.75, 3.05) is 39.9 Å². The van der Waals surface area contributed by atoms with Crippen molar-refractivity contribution in [3.63, 3.8) is 0 Å². The number of nitrogens with one attached hydrogen (secondary N) is 1. The van der Waals surface area contributed by atoms with Crippen LogP contribution < -0.4 is 11.1 Å². The number of nitrogens with two attached hydrogens (primary N) is 1. The lowest BCUT2D eigenvalue weighted by atomic mass is 10.1. The highest BCUT2D eigenvalue weighted by Crippen LogP contribution is 2.07. The van der Waals surface area contributed by atoms with E-state index in [1.807, 2.05) is 0 Å². The third-order valence-electron chi connectivity index (χ3n) is 2.64. The van der Waals surface area contributed by atoms with Gasteiger partial charge in [0.2, 0.25) is 5.91 Å². The van der Waals surface area contributed by atoms with Gasteiger partial charge in [-0.1, -0.05) is 0 Å². The lowest BCUT2D eigenvalue weighted by Gasteiger charge is -2.29. The van der Waals surface area contributed by atoms with Crippen molar-refractivity contribution in [2.45, 2.75) is 18.9 Å². The number of likely N-dealkylation sites (tertiary alicyclic amines) is 1. The highest BCUT2D eigenvalue weighted by atomic mass is 16.5. The van der Waals surface area contributed by atoms with Crippen LogP contribution in [0.3, 0.4) is 0 Å². The first-order chi connectivity index (χ1) is 7.18. The van der Waals surface area contributed by atoms with Gasteiger partial charge in [0.05, 0.1) is 6.61 Å². The predicted octanol–water partition coefficient (Wildman–Crippen LogP) is -0.828. The molecule has 1 heterocycles. The molecule has 0 unspecified atom stereocenters. The summed E-state index contributed by atoms with van der Waals surface area (Å²) < 4.78 is 5.06. The lowest BCUT2D eigenvalue weighted by molar-refractivity contribution is -0.122. The Balaban J connectivity index is 1.94. The third-order valence-corrected chi connectivity index (χ3v) is 2.64. The standard InChI is InChI=1S/C10H21N3O2/c1-13-5-2-9(3-6-13)12-4-7-15-8-10(11)14/h9,12H,2-8H2,1H3,(H2,11,14). The molecular formula is C10H21N3O2. The van der Waals surface area contributed by atoms with Crippen LogP contribution in [-0.2, 0) is 9.53 Å². The lowest BCUT2D eigenvalue weighted by Crippen LogP contribution is -2.42. The van der Waals surface area contributed by atoms with E-state index in [0.717, 1.165) is 19.6 Å². The Bertz CT molecular complexity index is 191. The Labute approximate surface area is 90.9 Å². The fourth-order valence-corrected chi connectivity index (χ4v) is 1.72. The maximum absolute atomic E-state index is 10.4. The number of hydrogen-bond acceptors (Lipinski definition) is 4. The van der Waals surface area contributed by atoms with Crippen molar-refractivity contribution in [2.24, 2.45) is 5.73 Å². The Kier molecular flexibility index (Phi) is 5.60. The second-order valence-corrected chi connectivity index (χ2v) is 4.05. The minimum atomic E-state index is -0.408. The van der Waals surface area contributed by atoms with Crippen LogP contribution in [0.2, 0.25) is 0 Å². The first-order valence-electron chi connectivity index (χ1n) is 5.46. The summed E-state index contributed by atoms with van der Waals surface area (Å²) in [5.74, 6) is -0.408. The topological polar surface area (TPSA) is 67.6 Å². The molecule has 1 rings (SSSR count). The number of carbonyl (C=O) groups is 1. The van der Waals surface area contributed by atoms with Gasteiger partial charge in [0.15, 0.2) is 0 Å². The summed E-state index contributed by atoms with van der Waals surface area (Å²) in [7, 11) is 2.15. The Morgan fingerprint density at radius 2 is 2.20 bits per heavy atom. The first-order valence-corrected chi connectivity index (χ1v) is 5.46. The summed E-state index contributed by atoms with van der Waals surface area (Å²) in [6.45, 7) is 3.67. The SMILES string of the molecule is CN1CCC(NCCOCC(N)=O)CC1. The highest BCUT2D eigenvalue weighted by Gasteiger charge is 2.15. The first kappa shape index (κ1) is 12.4. The van der Waals surface area contributed by atoms with Crippen LogP contribution in [0, 0.1) is 0 Å². The number of primary amides is 1. The molecule has 1 saturated heterocycles. The molecule has 0 aromatic heterocycles. The average Bonchev–Trinajstić information content (AvgIpc) is 2.20. The minimum Gasteiger partial charge on any atom is -0.370 e. The second-order valence-electron chi connectivity index (χ2n) is 4.05. The summed E-state index contributed by atoms with van der Waals surface area (Å²) in [4.78, 5) is 12.7. The minimum absolute atomic E-state index is 0.0229. The average molecular weight is 215 g/mol. The van der Waals surface area contributed by atoms with Crippen molar-refractivity contribution in [3.05, 3.63) is 0 Å². The van der Waals surface area contributed by atoms with Gasteiger partial charge in [-0.15, -0.1) is 0 Å². The van der Waals surface area contributed by atoms with E-state index in [9.17, 15) is 4.79 Å². The molecule has 1 aliphatic rings. The largest absolute Gasteiger partial charge is 0.370 e. The Morgan fingerprint density at radius 3 is 2.80 bits per heavy atom. The summed E-state index contributed by atoms with van der Waals surface area (Å²) in [5.41, 5.74) is 4.94. The monoisotopic (exact) mass is 215 g/mol. The predicted molar refractivity (Wildman–Crippen MR) is 58.5 cm³/mol. The normalized spacial score (nSPS) is 19.3. The number of piperidine rings is 1. The van der Waals surface area contributed by atoms with Crippen LogP contribution in [0.4, 0.5) is 0 Å². The number of hydrogen-bond donors (Lipinski definition) is 2. The molecular weight excluding hydrogens is 194 g/mol. The summed E-state index contributed by atoms with van der Waals surface area (Å²) in [6, 6.07) is 0.596. The molecule has 0 spiro atoms. The molecule has 0 radical (unpaired) electrons. The van der Waals surface area contributed by atoms with Crippen LogP contribution in [0.25, 0.3) is 0 Å². The number of amides is 1. The van der Waals surface area contributed by atoms with Gasteiger partial charge in [-0.2, -0.15) is 0 Å². The van der Waals surface area contributed by atoms with Crippen molar-refractivity contribution in [1.82, 2.24) is 10.2 Å². The molecule has 0 atom stereocenters. The molecule has 0 bridgehead atoms. The number of ether oxygens (including phenoxy) is 1. The Hall–Kier alpha value is -0.650. The van der Waals surface area contributed by atoms with E-state index in [-0.39, 0.29) is 6.61 Å². The van der Waals surface area contributed by atoms with Gasteiger partial charge in [-0.3, -0.25) is 4.79 Å². The van der Waals surface area contributed by atoms with Crippen molar-refractivity contribution < 1.29 is 9.53 Å². The molecule has 15 heavy (non-hydrogen) atoms. The van der Waals surface area contributed by atoms with Gasteiger partial charge in [-0.05, 0) is 33.0 Å². The van der Waals surface area contributed by atoms with Gasteiger partial charge in [0, 0.05) is 12.6 Å². The van der Waals surface area contributed by atoms with E-state index in [1.165, 1.54) is 12.8 Å². The number of rotatable bonds is 6. The van der Waals surface area contributed by atoms with Gasteiger partial charge >= 0.3 is 0 Å². The third kappa shape index (κ3) is 5.71. The van der Waals surface area contributed by atoms with Crippen molar-refractivity contribution in [3.8, 4) is 0 Å². The van der Waals surface area contributed by atoms with Crippen molar-refractivity contribution in [1.29, 1.82) is 0 Å².